The van der Waals surface area contributed by atoms with Gasteiger partial charge < -0.3 is 9.47 Å². The molecule has 1 aromatic rings. The molecule has 0 amide bonds. The Kier molecular flexibility index (Phi) is 8.38. The Morgan fingerprint density at radius 3 is 2.22 bits per heavy atom. The molecule has 0 heterocycles. The monoisotopic (exact) mass is 320 g/mol. The molecule has 1 atom stereocenters. The Balaban J connectivity index is 2.54. The molecule has 0 fully saturated rings. The summed E-state index contributed by atoms with van der Waals surface area (Å²) in [6.45, 7) is 9.14. The summed E-state index contributed by atoms with van der Waals surface area (Å²) in [5, 5.41) is 0. The van der Waals surface area contributed by atoms with Crippen molar-refractivity contribution < 1.29 is 19.1 Å². The molecule has 1 unspecified atom stereocenters. The average molecular weight is 320 g/mol. The topological polar surface area (TPSA) is 52.6 Å². The van der Waals surface area contributed by atoms with Crippen LogP contribution in [0.2, 0.25) is 0 Å². The molecule has 4 nitrogen and oxygen atoms in total. The Morgan fingerprint density at radius 2 is 1.65 bits per heavy atom. The Labute approximate surface area is 139 Å². The predicted octanol–water partition coefficient (Wildman–Crippen LogP) is 4.48. The molecule has 0 N–H and O–H groups in total. The molecule has 4 heteroatoms. The fourth-order valence-corrected chi connectivity index (χ4v) is 1.93. The van der Waals surface area contributed by atoms with Crippen molar-refractivity contribution in [3.63, 3.8) is 0 Å². The maximum Gasteiger partial charge on any atom is 0.338 e. The SMILES string of the molecule is CCC(C)COC(=O)c1cccc(C(=O)OCCCC(C)C)c1. The number of benzene rings is 1. The van der Waals surface area contributed by atoms with Gasteiger partial charge in [-0.2, -0.15) is 0 Å². The highest BCUT2D eigenvalue weighted by Gasteiger charge is 2.13. The lowest BCUT2D eigenvalue weighted by Gasteiger charge is -2.10. The van der Waals surface area contributed by atoms with E-state index in [0.717, 1.165) is 19.3 Å². The molecule has 128 valence electrons. The minimum atomic E-state index is -0.403. The van der Waals surface area contributed by atoms with E-state index in [0.29, 0.717) is 36.2 Å². The zero-order valence-corrected chi connectivity index (χ0v) is 14.6. The smallest absolute Gasteiger partial charge is 0.338 e. The van der Waals surface area contributed by atoms with Gasteiger partial charge in [-0.15, -0.1) is 0 Å². The van der Waals surface area contributed by atoms with Crippen LogP contribution in [-0.2, 0) is 9.47 Å². The highest BCUT2D eigenvalue weighted by molar-refractivity contribution is 5.95. The number of carbonyl (C=O) groups excluding carboxylic acids is 2. The summed E-state index contributed by atoms with van der Waals surface area (Å²) in [7, 11) is 0. The number of esters is 2. The van der Waals surface area contributed by atoms with Gasteiger partial charge >= 0.3 is 11.9 Å². The van der Waals surface area contributed by atoms with E-state index in [4.69, 9.17) is 9.47 Å². The van der Waals surface area contributed by atoms with Crippen molar-refractivity contribution in [1.82, 2.24) is 0 Å². The minimum Gasteiger partial charge on any atom is -0.462 e. The summed E-state index contributed by atoms with van der Waals surface area (Å²) in [4.78, 5) is 24.0. The van der Waals surface area contributed by atoms with E-state index >= 15 is 0 Å². The highest BCUT2D eigenvalue weighted by Crippen LogP contribution is 2.11. The molecular weight excluding hydrogens is 292 g/mol. The lowest BCUT2D eigenvalue weighted by atomic mass is 10.1. The van der Waals surface area contributed by atoms with Crippen molar-refractivity contribution in [2.24, 2.45) is 11.8 Å². The maximum absolute atomic E-state index is 12.0. The summed E-state index contributed by atoms with van der Waals surface area (Å²) in [6, 6.07) is 6.50. The van der Waals surface area contributed by atoms with Crippen molar-refractivity contribution in [2.45, 2.75) is 47.0 Å². The van der Waals surface area contributed by atoms with Crippen LogP contribution in [0.25, 0.3) is 0 Å². The van der Waals surface area contributed by atoms with Crippen molar-refractivity contribution in [2.75, 3.05) is 13.2 Å². The van der Waals surface area contributed by atoms with Gasteiger partial charge in [-0.3, -0.25) is 0 Å². The van der Waals surface area contributed by atoms with E-state index in [1.165, 1.54) is 6.07 Å². The largest absolute Gasteiger partial charge is 0.462 e. The third-order valence-electron chi connectivity index (χ3n) is 3.69. The van der Waals surface area contributed by atoms with Crippen molar-refractivity contribution in [3.05, 3.63) is 35.4 Å². The van der Waals surface area contributed by atoms with Crippen LogP contribution >= 0.6 is 0 Å². The third-order valence-corrected chi connectivity index (χ3v) is 3.69. The fraction of sp³-hybridized carbons (Fsp3) is 0.579. The number of carbonyl (C=O) groups is 2. The van der Waals surface area contributed by atoms with Crippen LogP contribution < -0.4 is 0 Å². The minimum absolute atomic E-state index is 0.327. The average Bonchev–Trinajstić information content (AvgIpc) is 2.55. The molecular formula is C19H28O4. The molecule has 0 spiro atoms. The second-order valence-corrected chi connectivity index (χ2v) is 6.36. The van der Waals surface area contributed by atoms with E-state index in [1.807, 2.05) is 6.92 Å². The van der Waals surface area contributed by atoms with Gasteiger partial charge in [0.15, 0.2) is 0 Å². The van der Waals surface area contributed by atoms with E-state index in [-0.39, 0.29) is 0 Å². The van der Waals surface area contributed by atoms with Crippen molar-refractivity contribution >= 4 is 11.9 Å². The van der Waals surface area contributed by atoms with E-state index in [9.17, 15) is 9.59 Å². The molecule has 0 bridgehead atoms. The van der Waals surface area contributed by atoms with Gasteiger partial charge in [-0.25, -0.2) is 9.59 Å². The van der Waals surface area contributed by atoms with Crippen molar-refractivity contribution in [1.29, 1.82) is 0 Å². The summed E-state index contributed by atoms with van der Waals surface area (Å²) in [5.74, 6) is 0.121. The quantitative estimate of drug-likeness (QED) is 0.497. The van der Waals surface area contributed by atoms with E-state index in [2.05, 4.69) is 20.8 Å². The Bertz CT molecular complexity index is 508. The van der Waals surface area contributed by atoms with Crippen LogP contribution in [0.3, 0.4) is 0 Å². The molecule has 0 aliphatic heterocycles. The number of ether oxygens (including phenoxy) is 2. The van der Waals surface area contributed by atoms with E-state index in [1.54, 1.807) is 18.2 Å². The van der Waals surface area contributed by atoms with Crippen molar-refractivity contribution in [3.8, 4) is 0 Å². The first-order valence-corrected chi connectivity index (χ1v) is 8.38. The zero-order valence-electron chi connectivity index (χ0n) is 14.6. The predicted molar refractivity (Wildman–Crippen MR) is 90.5 cm³/mol. The molecule has 0 aliphatic rings. The molecule has 23 heavy (non-hydrogen) atoms. The lowest BCUT2D eigenvalue weighted by Crippen LogP contribution is -2.13. The van der Waals surface area contributed by atoms with Crippen LogP contribution in [-0.4, -0.2) is 25.2 Å². The van der Waals surface area contributed by atoms with Gasteiger partial charge in [0, 0.05) is 0 Å². The first-order chi connectivity index (χ1) is 10.9. The van der Waals surface area contributed by atoms with Gasteiger partial charge in [0.2, 0.25) is 0 Å². The van der Waals surface area contributed by atoms with Gasteiger partial charge in [0.1, 0.15) is 0 Å². The number of rotatable bonds is 9. The Morgan fingerprint density at radius 1 is 1.04 bits per heavy atom. The van der Waals surface area contributed by atoms with E-state index < -0.39 is 11.9 Å². The molecule has 0 aliphatic carbocycles. The zero-order chi connectivity index (χ0) is 17.2. The van der Waals surface area contributed by atoms with Crippen LogP contribution in [0.1, 0.15) is 67.7 Å². The molecule has 0 saturated heterocycles. The molecule has 0 aromatic heterocycles. The molecule has 0 saturated carbocycles. The molecule has 1 aromatic carbocycles. The van der Waals surface area contributed by atoms with Gasteiger partial charge in [-0.1, -0.05) is 40.2 Å². The second kappa shape index (κ2) is 10.0. The van der Waals surface area contributed by atoms with Gasteiger partial charge in [0.05, 0.1) is 24.3 Å². The van der Waals surface area contributed by atoms with Crippen LogP contribution in [0.5, 0.6) is 0 Å². The summed E-state index contributed by atoms with van der Waals surface area (Å²) in [5.41, 5.74) is 0.762. The standard InChI is InChI=1S/C19H28O4/c1-5-15(4)13-23-19(21)17-10-6-9-16(12-17)18(20)22-11-7-8-14(2)3/h6,9-10,12,14-15H,5,7-8,11,13H2,1-4H3. The number of hydrogen-bond acceptors (Lipinski definition) is 4. The lowest BCUT2D eigenvalue weighted by molar-refractivity contribution is 0.0447. The van der Waals surface area contributed by atoms with Crippen LogP contribution in [0.4, 0.5) is 0 Å². The molecule has 1 rings (SSSR count). The van der Waals surface area contributed by atoms with Gasteiger partial charge in [0.25, 0.3) is 0 Å². The Hall–Kier alpha value is -1.84. The van der Waals surface area contributed by atoms with Gasteiger partial charge in [-0.05, 0) is 42.9 Å². The fourth-order valence-electron chi connectivity index (χ4n) is 1.93. The maximum atomic E-state index is 12.0. The second-order valence-electron chi connectivity index (χ2n) is 6.36. The first-order valence-electron chi connectivity index (χ1n) is 8.38. The molecule has 0 radical (unpaired) electrons. The first kappa shape index (κ1) is 19.2. The summed E-state index contributed by atoms with van der Waals surface area (Å²) in [6.07, 6.45) is 2.82. The van der Waals surface area contributed by atoms with Crippen LogP contribution in [0.15, 0.2) is 24.3 Å². The number of hydrogen-bond donors (Lipinski definition) is 0. The summed E-state index contributed by atoms with van der Waals surface area (Å²) >= 11 is 0. The summed E-state index contributed by atoms with van der Waals surface area (Å²) < 4.78 is 10.5. The third kappa shape index (κ3) is 7.31. The van der Waals surface area contributed by atoms with Crippen LogP contribution in [0, 0.1) is 11.8 Å². The highest BCUT2D eigenvalue weighted by atomic mass is 16.5. The normalized spacial score (nSPS) is 12.0.